The highest BCUT2D eigenvalue weighted by molar-refractivity contribution is 8.26. The van der Waals surface area contributed by atoms with Crippen molar-refractivity contribution in [1.29, 1.82) is 0 Å². The highest BCUT2D eigenvalue weighted by Gasteiger charge is 2.32. The minimum absolute atomic E-state index is 0.118. The van der Waals surface area contributed by atoms with Crippen molar-refractivity contribution in [3.63, 3.8) is 0 Å². The maximum Gasteiger partial charge on any atom is 0.266 e. The van der Waals surface area contributed by atoms with Gasteiger partial charge in [-0.1, -0.05) is 54.3 Å². The van der Waals surface area contributed by atoms with Crippen molar-refractivity contribution >= 4 is 51.9 Å². The van der Waals surface area contributed by atoms with Gasteiger partial charge in [0, 0.05) is 24.2 Å². The summed E-state index contributed by atoms with van der Waals surface area (Å²) in [5, 5.41) is 2.80. The summed E-state index contributed by atoms with van der Waals surface area (Å²) >= 11 is 6.36. The quantitative estimate of drug-likeness (QED) is 0.598. The number of aryl methyl sites for hydroxylation is 1. The summed E-state index contributed by atoms with van der Waals surface area (Å²) in [6, 6.07) is 13.7. The molecular weight excluding hydrogens is 383 g/mol. The van der Waals surface area contributed by atoms with Crippen molar-refractivity contribution in [3.8, 4) is 0 Å². The van der Waals surface area contributed by atoms with Gasteiger partial charge in [0.25, 0.3) is 5.91 Å². The second-order valence-electron chi connectivity index (χ2n) is 6.02. The SMILES string of the molecule is Cc1cccc(NC(=O)CCN2C(=O)/C(=C/c3ccccc3F)SC2=S)c1. The third-order valence-corrected chi connectivity index (χ3v) is 5.31. The number of hydrogen-bond acceptors (Lipinski definition) is 4. The summed E-state index contributed by atoms with van der Waals surface area (Å²) in [6.45, 7) is 2.12. The minimum Gasteiger partial charge on any atom is -0.326 e. The number of carbonyl (C=O) groups excluding carboxylic acids is 2. The summed E-state index contributed by atoms with van der Waals surface area (Å²) in [5.74, 6) is -0.912. The molecule has 138 valence electrons. The van der Waals surface area contributed by atoms with Gasteiger partial charge in [0.2, 0.25) is 5.91 Å². The van der Waals surface area contributed by atoms with Crippen molar-refractivity contribution < 1.29 is 14.0 Å². The Bertz CT molecular complexity index is 943. The second kappa shape index (κ2) is 8.45. The van der Waals surface area contributed by atoms with Crippen LogP contribution in [-0.2, 0) is 9.59 Å². The summed E-state index contributed by atoms with van der Waals surface area (Å²) in [5.41, 5.74) is 2.09. The van der Waals surface area contributed by atoms with E-state index in [0.29, 0.717) is 20.5 Å². The summed E-state index contributed by atoms with van der Waals surface area (Å²) in [4.78, 5) is 26.4. The van der Waals surface area contributed by atoms with Crippen LogP contribution >= 0.6 is 24.0 Å². The van der Waals surface area contributed by atoms with Crippen molar-refractivity contribution in [1.82, 2.24) is 4.90 Å². The van der Waals surface area contributed by atoms with Crippen LogP contribution in [0.1, 0.15) is 17.5 Å². The van der Waals surface area contributed by atoms with Gasteiger partial charge in [0.05, 0.1) is 4.91 Å². The Hall–Kier alpha value is -2.51. The molecule has 3 rings (SSSR count). The summed E-state index contributed by atoms with van der Waals surface area (Å²) in [6.07, 6.45) is 1.61. The van der Waals surface area contributed by atoms with E-state index >= 15 is 0 Å². The lowest BCUT2D eigenvalue weighted by atomic mass is 10.2. The molecule has 4 nitrogen and oxygen atoms in total. The number of nitrogens with zero attached hydrogens (tertiary/aromatic N) is 1. The Morgan fingerprint density at radius 1 is 1.26 bits per heavy atom. The maximum absolute atomic E-state index is 13.8. The highest BCUT2D eigenvalue weighted by atomic mass is 32.2. The van der Waals surface area contributed by atoms with E-state index in [0.717, 1.165) is 17.3 Å². The van der Waals surface area contributed by atoms with Crippen molar-refractivity contribution in [2.45, 2.75) is 13.3 Å². The molecule has 0 atom stereocenters. The number of anilines is 1. The molecule has 0 spiro atoms. The molecule has 0 aliphatic carbocycles. The molecule has 2 amide bonds. The van der Waals surface area contributed by atoms with E-state index in [-0.39, 0.29) is 24.8 Å². The number of benzene rings is 2. The summed E-state index contributed by atoms with van der Waals surface area (Å²) in [7, 11) is 0. The first kappa shape index (κ1) is 19.3. The lowest BCUT2D eigenvalue weighted by molar-refractivity contribution is -0.122. The molecule has 0 bridgehead atoms. The number of rotatable bonds is 5. The van der Waals surface area contributed by atoms with Crippen LogP contribution in [0, 0.1) is 12.7 Å². The molecule has 0 aromatic heterocycles. The van der Waals surface area contributed by atoms with E-state index in [4.69, 9.17) is 12.2 Å². The van der Waals surface area contributed by atoms with E-state index in [1.165, 1.54) is 17.0 Å². The number of hydrogen-bond donors (Lipinski definition) is 1. The first-order valence-electron chi connectivity index (χ1n) is 8.30. The normalized spacial score (nSPS) is 15.5. The van der Waals surface area contributed by atoms with Gasteiger partial charge < -0.3 is 5.32 Å². The Morgan fingerprint density at radius 2 is 2.04 bits per heavy atom. The second-order valence-corrected chi connectivity index (χ2v) is 7.70. The molecule has 1 N–H and O–H groups in total. The van der Waals surface area contributed by atoms with Gasteiger partial charge in [-0.05, 0) is 36.8 Å². The zero-order valence-electron chi connectivity index (χ0n) is 14.6. The van der Waals surface area contributed by atoms with Crippen LogP contribution in [0.3, 0.4) is 0 Å². The van der Waals surface area contributed by atoms with Crippen LogP contribution in [0.4, 0.5) is 10.1 Å². The molecule has 1 aliphatic rings. The monoisotopic (exact) mass is 400 g/mol. The first-order valence-corrected chi connectivity index (χ1v) is 9.53. The Morgan fingerprint density at radius 3 is 2.78 bits per heavy atom. The van der Waals surface area contributed by atoms with Gasteiger partial charge in [-0.2, -0.15) is 0 Å². The topological polar surface area (TPSA) is 49.4 Å². The fourth-order valence-electron chi connectivity index (χ4n) is 2.59. The lowest BCUT2D eigenvalue weighted by Crippen LogP contribution is -2.31. The molecule has 7 heteroatoms. The van der Waals surface area contributed by atoms with Gasteiger partial charge in [0.1, 0.15) is 10.1 Å². The Labute approximate surface area is 166 Å². The van der Waals surface area contributed by atoms with Crippen LogP contribution in [0.25, 0.3) is 6.08 Å². The van der Waals surface area contributed by atoms with Crippen LogP contribution in [-0.4, -0.2) is 27.6 Å². The van der Waals surface area contributed by atoms with E-state index in [1.54, 1.807) is 18.2 Å². The van der Waals surface area contributed by atoms with Crippen molar-refractivity contribution in [2.75, 3.05) is 11.9 Å². The highest BCUT2D eigenvalue weighted by Crippen LogP contribution is 2.33. The predicted octanol–water partition coefficient (Wildman–Crippen LogP) is 4.36. The molecule has 0 saturated carbocycles. The molecule has 1 aliphatic heterocycles. The molecule has 1 fully saturated rings. The lowest BCUT2D eigenvalue weighted by Gasteiger charge is -2.14. The Kier molecular flexibility index (Phi) is 6.03. The smallest absolute Gasteiger partial charge is 0.266 e. The third kappa shape index (κ3) is 4.81. The molecule has 0 unspecified atom stereocenters. The van der Waals surface area contributed by atoms with Crippen LogP contribution in [0.5, 0.6) is 0 Å². The Balaban J connectivity index is 1.62. The molecular formula is C20H17FN2O2S2. The molecule has 27 heavy (non-hydrogen) atoms. The van der Waals surface area contributed by atoms with E-state index < -0.39 is 5.82 Å². The average Bonchev–Trinajstić information content (AvgIpc) is 2.88. The minimum atomic E-state index is -0.402. The van der Waals surface area contributed by atoms with Crippen molar-refractivity contribution in [3.05, 3.63) is 70.4 Å². The fourth-order valence-corrected chi connectivity index (χ4v) is 3.89. The number of halogens is 1. The fraction of sp³-hybridized carbons (Fsp3) is 0.150. The number of nitrogens with one attached hydrogen (secondary N) is 1. The van der Waals surface area contributed by atoms with E-state index in [1.807, 2.05) is 31.2 Å². The number of thiocarbonyl (C=S) groups is 1. The van der Waals surface area contributed by atoms with E-state index in [9.17, 15) is 14.0 Å². The third-order valence-electron chi connectivity index (χ3n) is 3.93. The van der Waals surface area contributed by atoms with Gasteiger partial charge >= 0.3 is 0 Å². The molecule has 2 aromatic rings. The maximum atomic E-state index is 13.8. The molecule has 0 radical (unpaired) electrons. The molecule has 2 aromatic carbocycles. The number of carbonyl (C=O) groups is 2. The van der Waals surface area contributed by atoms with E-state index in [2.05, 4.69) is 5.32 Å². The van der Waals surface area contributed by atoms with Gasteiger partial charge in [-0.3, -0.25) is 14.5 Å². The van der Waals surface area contributed by atoms with Crippen LogP contribution < -0.4 is 5.32 Å². The first-order chi connectivity index (χ1) is 12.9. The molecule has 1 saturated heterocycles. The summed E-state index contributed by atoms with van der Waals surface area (Å²) < 4.78 is 14.2. The number of thioether (sulfide) groups is 1. The average molecular weight is 401 g/mol. The largest absolute Gasteiger partial charge is 0.326 e. The van der Waals surface area contributed by atoms with Crippen LogP contribution in [0.2, 0.25) is 0 Å². The zero-order valence-corrected chi connectivity index (χ0v) is 16.2. The predicted molar refractivity (Wildman–Crippen MR) is 111 cm³/mol. The zero-order chi connectivity index (χ0) is 19.4. The molecule has 1 heterocycles. The number of amides is 2. The van der Waals surface area contributed by atoms with Crippen LogP contribution in [0.15, 0.2) is 53.4 Å². The standard InChI is InChI=1S/C20H17FN2O2S2/c1-13-5-4-7-15(11-13)22-18(24)9-10-23-19(25)17(27-20(23)26)12-14-6-2-3-8-16(14)21/h2-8,11-12H,9-10H2,1H3,(H,22,24)/b17-12-. The van der Waals surface area contributed by atoms with Gasteiger partial charge in [-0.15, -0.1) is 0 Å². The van der Waals surface area contributed by atoms with Crippen molar-refractivity contribution in [2.24, 2.45) is 0 Å². The van der Waals surface area contributed by atoms with Gasteiger partial charge in [0.15, 0.2) is 0 Å². The van der Waals surface area contributed by atoms with Gasteiger partial charge in [-0.25, -0.2) is 4.39 Å².